The first-order chi connectivity index (χ1) is 8.91. The second kappa shape index (κ2) is 4.79. The van der Waals surface area contributed by atoms with Crippen molar-refractivity contribution in [3.63, 3.8) is 0 Å². The lowest BCUT2D eigenvalue weighted by atomic mass is 10.00. The molecule has 0 N–H and O–H groups in total. The van der Waals surface area contributed by atoms with Crippen LogP contribution in [0.1, 0.15) is 21.7 Å². The van der Waals surface area contributed by atoms with E-state index in [0.29, 0.717) is 23.2 Å². The summed E-state index contributed by atoms with van der Waals surface area (Å²) in [5.74, 6) is 0.545. The van der Waals surface area contributed by atoms with Crippen molar-refractivity contribution in [2.75, 3.05) is 0 Å². The van der Waals surface area contributed by atoms with Crippen molar-refractivity contribution in [2.24, 2.45) is 0 Å². The fourth-order valence-corrected chi connectivity index (χ4v) is 1.63. The number of hydrogen-bond acceptors (Lipinski definition) is 3. The molecule has 2 rings (SSSR count). The first-order valence-corrected chi connectivity index (χ1v) is 5.37. The zero-order chi connectivity index (χ0) is 14.0. The molecule has 0 aliphatic rings. The minimum atomic E-state index is -4.47. The first-order valence-electron chi connectivity index (χ1n) is 5.37. The fourth-order valence-electron chi connectivity index (χ4n) is 1.63. The summed E-state index contributed by atoms with van der Waals surface area (Å²) >= 11 is 0. The van der Waals surface area contributed by atoms with Crippen LogP contribution in [0.5, 0.6) is 0 Å². The van der Waals surface area contributed by atoms with Crippen molar-refractivity contribution in [1.82, 2.24) is 9.97 Å². The summed E-state index contributed by atoms with van der Waals surface area (Å²) in [6.45, 7) is 1.69. The number of halogens is 3. The summed E-state index contributed by atoms with van der Waals surface area (Å²) in [7, 11) is 0. The van der Waals surface area contributed by atoms with E-state index in [0.717, 1.165) is 12.1 Å². The Bertz CT molecular complexity index is 606. The van der Waals surface area contributed by atoms with Crippen molar-refractivity contribution in [2.45, 2.75) is 13.1 Å². The van der Waals surface area contributed by atoms with Crippen LogP contribution in [0.4, 0.5) is 13.2 Å². The largest absolute Gasteiger partial charge is 0.416 e. The van der Waals surface area contributed by atoms with E-state index in [9.17, 15) is 18.0 Å². The van der Waals surface area contributed by atoms with Crippen LogP contribution in [-0.2, 0) is 6.18 Å². The molecule has 6 heteroatoms. The molecule has 0 amide bonds. The Balaban J connectivity index is 2.53. The maximum absolute atomic E-state index is 12.6. The number of nitrogens with zero attached hydrogens (tertiary/aromatic N) is 2. The van der Waals surface area contributed by atoms with Gasteiger partial charge in [-0.25, -0.2) is 9.97 Å². The highest BCUT2D eigenvalue weighted by atomic mass is 19.4. The molecule has 1 aromatic carbocycles. The molecule has 0 bridgehead atoms. The predicted molar refractivity (Wildman–Crippen MR) is 62.6 cm³/mol. The van der Waals surface area contributed by atoms with Gasteiger partial charge in [0.25, 0.3) is 0 Å². The van der Waals surface area contributed by atoms with Gasteiger partial charge in [-0.2, -0.15) is 13.2 Å². The molecule has 19 heavy (non-hydrogen) atoms. The van der Waals surface area contributed by atoms with Gasteiger partial charge in [-0.1, -0.05) is 6.07 Å². The molecule has 1 aromatic heterocycles. The zero-order valence-corrected chi connectivity index (χ0v) is 9.90. The van der Waals surface area contributed by atoms with Crippen molar-refractivity contribution < 1.29 is 18.0 Å². The van der Waals surface area contributed by atoms with Gasteiger partial charge in [-0.15, -0.1) is 0 Å². The standard InChI is InChI=1S/C13H9F3N2O/c1-8-17-5-10(6-18-8)12-3-2-11(13(14,15)16)4-9(12)7-19/h2-7H,1H3. The van der Waals surface area contributed by atoms with E-state index in [1.807, 2.05) is 0 Å². The van der Waals surface area contributed by atoms with E-state index in [-0.39, 0.29) is 5.56 Å². The van der Waals surface area contributed by atoms with E-state index in [4.69, 9.17) is 0 Å². The summed E-state index contributed by atoms with van der Waals surface area (Å²) in [5.41, 5.74) is -0.0157. The smallest absolute Gasteiger partial charge is 0.298 e. The van der Waals surface area contributed by atoms with Gasteiger partial charge in [0.05, 0.1) is 5.56 Å². The topological polar surface area (TPSA) is 42.9 Å². The Morgan fingerprint density at radius 1 is 1.16 bits per heavy atom. The normalized spacial score (nSPS) is 11.4. The van der Waals surface area contributed by atoms with Crippen LogP contribution in [0.3, 0.4) is 0 Å². The number of carbonyl (C=O) groups excluding carboxylic acids is 1. The Labute approximate surface area is 107 Å². The van der Waals surface area contributed by atoms with Crippen LogP contribution >= 0.6 is 0 Å². The lowest BCUT2D eigenvalue weighted by molar-refractivity contribution is -0.137. The number of hydrogen-bond donors (Lipinski definition) is 0. The highest BCUT2D eigenvalue weighted by molar-refractivity contribution is 5.87. The first kappa shape index (κ1) is 13.2. The third kappa shape index (κ3) is 2.78. The Morgan fingerprint density at radius 3 is 2.32 bits per heavy atom. The number of aromatic nitrogens is 2. The average Bonchev–Trinajstić information content (AvgIpc) is 2.38. The summed E-state index contributed by atoms with van der Waals surface area (Å²) in [4.78, 5) is 18.8. The van der Waals surface area contributed by atoms with Crippen LogP contribution in [0.25, 0.3) is 11.1 Å². The minimum Gasteiger partial charge on any atom is -0.298 e. The van der Waals surface area contributed by atoms with Gasteiger partial charge in [0.1, 0.15) is 5.82 Å². The molecular weight excluding hydrogens is 257 g/mol. The third-order valence-electron chi connectivity index (χ3n) is 2.60. The number of carbonyl (C=O) groups is 1. The number of benzene rings is 1. The van der Waals surface area contributed by atoms with Gasteiger partial charge in [-0.3, -0.25) is 4.79 Å². The van der Waals surface area contributed by atoms with E-state index in [2.05, 4.69) is 9.97 Å². The van der Waals surface area contributed by atoms with Crippen molar-refractivity contribution in [1.29, 1.82) is 0 Å². The molecule has 0 spiro atoms. The SMILES string of the molecule is Cc1ncc(-c2ccc(C(F)(F)F)cc2C=O)cn1. The van der Waals surface area contributed by atoms with E-state index < -0.39 is 11.7 Å². The molecule has 0 aliphatic carbocycles. The summed E-state index contributed by atoms with van der Waals surface area (Å²) in [5, 5.41) is 0. The number of rotatable bonds is 2. The molecule has 0 aliphatic heterocycles. The minimum absolute atomic E-state index is 0.0396. The zero-order valence-electron chi connectivity index (χ0n) is 9.90. The van der Waals surface area contributed by atoms with Crippen molar-refractivity contribution >= 4 is 6.29 Å². The van der Waals surface area contributed by atoms with Crippen LogP contribution in [0, 0.1) is 6.92 Å². The summed E-state index contributed by atoms with van der Waals surface area (Å²) < 4.78 is 37.7. The maximum Gasteiger partial charge on any atom is 0.416 e. The Hall–Kier alpha value is -2.24. The van der Waals surface area contributed by atoms with Crippen molar-refractivity contribution in [3.05, 3.63) is 47.5 Å². The molecule has 0 atom stereocenters. The lowest BCUT2D eigenvalue weighted by Crippen LogP contribution is -2.06. The number of alkyl halides is 3. The van der Waals surface area contributed by atoms with Gasteiger partial charge in [0, 0.05) is 23.5 Å². The van der Waals surface area contributed by atoms with Gasteiger partial charge in [0.2, 0.25) is 0 Å². The van der Waals surface area contributed by atoms with E-state index >= 15 is 0 Å². The highest BCUT2D eigenvalue weighted by Crippen LogP contribution is 2.32. The van der Waals surface area contributed by atoms with E-state index in [1.165, 1.54) is 18.5 Å². The van der Waals surface area contributed by atoms with Crippen molar-refractivity contribution in [3.8, 4) is 11.1 Å². The van der Waals surface area contributed by atoms with Gasteiger partial charge in [-0.05, 0) is 24.6 Å². The molecule has 2 aromatic rings. The summed E-state index contributed by atoms with van der Waals surface area (Å²) in [6.07, 6.45) is -1.14. The molecule has 0 radical (unpaired) electrons. The second-order valence-corrected chi connectivity index (χ2v) is 3.94. The second-order valence-electron chi connectivity index (χ2n) is 3.94. The molecule has 0 saturated heterocycles. The fraction of sp³-hybridized carbons (Fsp3) is 0.154. The molecule has 1 heterocycles. The molecule has 98 valence electrons. The number of aryl methyl sites for hydroxylation is 1. The molecule has 3 nitrogen and oxygen atoms in total. The Kier molecular flexibility index (Phi) is 3.33. The van der Waals surface area contributed by atoms with E-state index in [1.54, 1.807) is 6.92 Å². The van der Waals surface area contributed by atoms with Gasteiger partial charge < -0.3 is 0 Å². The maximum atomic E-state index is 12.6. The summed E-state index contributed by atoms with van der Waals surface area (Å²) in [6, 6.07) is 3.00. The quantitative estimate of drug-likeness (QED) is 0.783. The van der Waals surface area contributed by atoms with Crippen LogP contribution < -0.4 is 0 Å². The molecule has 0 unspecified atom stereocenters. The molecule has 0 fully saturated rings. The predicted octanol–water partition coefficient (Wildman–Crippen LogP) is 3.28. The average molecular weight is 266 g/mol. The van der Waals surface area contributed by atoms with Crippen LogP contribution in [0.15, 0.2) is 30.6 Å². The van der Waals surface area contributed by atoms with Crippen LogP contribution in [-0.4, -0.2) is 16.3 Å². The van der Waals surface area contributed by atoms with Gasteiger partial charge in [0.15, 0.2) is 6.29 Å². The monoisotopic (exact) mass is 266 g/mol. The highest BCUT2D eigenvalue weighted by Gasteiger charge is 2.31. The van der Waals surface area contributed by atoms with Gasteiger partial charge >= 0.3 is 6.18 Å². The van der Waals surface area contributed by atoms with Crippen LogP contribution in [0.2, 0.25) is 0 Å². The lowest BCUT2D eigenvalue weighted by Gasteiger charge is -2.10. The number of aldehydes is 1. The molecular formula is C13H9F3N2O. The third-order valence-corrected chi connectivity index (χ3v) is 2.60. The molecule has 0 saturated carbocycles. The Morgan fingerprint density at radius 2 is 1.79 bits per heavy atom.